The molecule has 8 heteroatoms. The van der Waals surface area contributed by atoms with Crippen LogP contribution in [0.25, 0.3) is 11.2 Å². The number of hydrogen-bond acceptors (Lipinski definition) is 7. The van der Waals surface area contributed by atoms with Crippen LogP contribution in [-0.4, -0.2) is 47.9 Å². The molecule has 3 N–H and O–H groups in total. The number of hydrogen-bond donors (Lipinski definition) is 2. The molecule has 1 fully saturated rings. The SMILES string of the molecule is Nc1nc(C2CCN(Cc3ncccn3)C2)nc2nc[nH]c12. The van der Waals surface area contributed by atoms with Crippen LogP contribution in [0.2, 0.25) is 0 Å². The monoisotopic (exact) mass is 296 g/mol. The van der Waals surface area contributed by atoms with E-state index in [0.29, 0.717) is 17.0 Å². The highest BCUT2D eigenvalue weighted by Crippen LogP contribution is 2.27. The van der Waals surface area contributed by atoms with E-state index in [2.05, 4.69) is 34.8 Å². The Balaban J connectivity index is 1.51. The molecule has 1 atom stereocenters. The highest BCUT2D eigenvalue weighted by atomic mass is 15.2. The fourth-order valence-corrected chi connectivity index (χ4v) is 2.85. The van der Waals surface area contributed by atoms with E-state index in [4.69, 9.17) is 5.73 Å². The van der Waals surface area contributed by atoms with Crippen LogP contribution in [0.3, 0.4) is 0 Å². The molecule has 1 unspecified atom stereocenters. The summed E-state index contributed by atoms with van der Waals surface area (Å²) in [7, 11) is 0. The fourth-order valence-electron chi connectivity index (χ4n) is 2.85. The minimum atomic E-state index is 0.270. The first-order chi connectivity index (χ1) is 10.8. The lowest BCUT2D eigenvalue weighted by atomic mass is 10.1. The van der Waals surface area contributed by atoms with Crippen LogP contribution >= 0.6 is 0 Å². The number of nitrogens with zero attached hydrogens (tertiary/aromatic N) is 6. The maximum absolute atomic E-state index is 5.97. The van der Waals surface area contributed by atoms with E-state index in [1.165, 1.54) is 0 Å². The smallest absolute Gasteiger partial charge is 0.183 e. The number of nitrogens with one attached hydrogen (secondary N) is 1. The van der Waals surface area contributed by atoms with Gasteiger partial charge in [-0.1, -0.05) is 0 Å². The van der Waals surface area contributed by atoms with Gasteiger partial charge in [0.2, 0.25) is 0 Å². The van der Waals surface area contributed by atoms with Gasteiger partial charge in [0.15, 0.2) is 11.5 Å². The summed E-state index contributed by atoms with van der Waals surface area (Å²) in [5.41, 5.74) is 7.31. The van der Waals surface area contributed by atoms with Crippen LogP contribution in [0.15, 0.2) is 24.8 Å². The number of aromatic nitrogens is 6. The lowest BCUT2D eigenvalue weighted by Crippen LogP contribution is -2.21. The topological polar surface area (TPSA) is 110 Å². The van der Waals surface area contributed by atoms with Crippen molar-refractivity contribution in [1.82, 2.24) is 34.8 Å². The van der Waals surface area contributed by atoms with Crippen molar-refractivity contribution in [2.24, 2.45) is 0 Å². The molecule has 0 bridgehead atoms. The van der Waals surface area contributed by atoms with Crippen molar-refractivity contribution in [3.8, 4) is 0 Å². The third-order valence-electron chi connectivity index (χ3n) is 3.95. The molecule has 8 nitrogen and oxygen atoms in total. The van der Waals surface area contributed by atoms with Gasteiger partial charge in [0, 0.05) is 24.9 Å². The van der Waals surface area contributed by atoms with Gasteiger partial charge in [0.05, 0.1) is 12.9 Å². The van der Waals surface area contributed by atoms with Crippen molar-refractivity contribution in [1.29, 1.82) is 0 Å². The van der Waals surface area contributed by atoms with Gasteiger partial charge >= 0.3 is 0 Å². The number of aromatic amines is 1. The first-order valence-electron chi connectivity index (χ1n) is 7.24. The quantitative estimate of drug-likeness (QED) is 0.732. The number of likely N-dealkylation sites (tertiary alicyclic amines) is 1. The summed E-state index contributed by atoms with van der Waals surface area (Å²) in [4.78, 5) is 27.0. The van der Waals surface area contributed by atoms with Gasteiger partial charge in [-0.15, -0.1) is 0 Å². The molecular weight excluding hydrogens is 280 g/mol. The summed E-state index contributed by atoms with van der Waals surface area (Å²) >= 11 is 0. The minimum absolute atomic E-state index is 0.270. The van der Waals surface area contributed by atoms with Crippen molar-refractivity contribution in [2.45, 2.75) is 18.9 Å². The Morgan fingerprint density at radius 2 is 2.09 bits per heavy atom. The average molecular weight is 296 g/mol. The van der Waals surface area contributed by atoms with Crippen molar-refractivity contribution >= 4 is 17.0 Å². The standard InChI is InChI=1S/C14H16N8/c15-12-11-14(19-8-18-11)21-13(20-12)9-2-5-22(6-9)7-10-16-3-1-4-17-10/h1,3-4,8-9H,2,5-7H2,(H3,15,18,19,20,21). The molecule has 1 aliphatic heterocycles. The van der Waals surface area contributed by atoms with E-state index in [-0.39, 0.29) is 5.92 Å². The Kier molecular flexibility index (Phi) is 3.15. The molecule has 0 saturated carbocycles. The third-order valence-corrected chi connectivity index (χ3v) is 3.95. The number of imidazole rings is 1. The molecule has 4 heterocycles. The van der Waals surface area contributed by atoms with Gasteiger partial charge in [-0.05, 0) is 19.0 Å². The lowest BCUT2D eigenvalue weighted by molar-refractivity contribution is 0.317. The van der Waals surface area contributed by atoms with Gasteiger partial charge in [-0.2, -0.15) is 0 Å². The summed E-state index contributed by atoms with van der Waals surface area (Å²) in [5, 5.41) is 0. The van der Waals surface area contributed by atoms with Gasteiger partial charge in [-0.25, -0.2) is 24.9 Å². The minimum Gasteiger partial charge on any atom is -0.382 e. The number of H-pyrrole nitrogens is 1. The summed E-state index contributed by atoms with van der Waals surface area (Å²) < 4.78 is 0. The van der Waals surface area contributed by atoms with Gasteiger partial charge < -0.3 is 10.7 Å². The van der Waals surface area contributed by atoms with Gasteiger partial charge in [0.1, 0.15) is 17.2 Å². The Morgan fingerprint density at radius 3 is 2.95 bits per heavy atom. The molecule has 112 valence electrons. The maximum atomic E-state index is 5.97. The Labute approximate surface area is 126 Å². The Bertz CT molecular complexity index is 784. The highest BCUT2D eigenvalue weighted by molar-refractivity contribution is 5.80. The van der Waals surface area contributed by atoms with Crippen LogP contribution in [0.4, 0.5) is 5.82 Å². The molecule has 0 spiro atoms. The van der Waals surface area contributed by atoms with E-state index in [1.807, 2.05) is 6.07 Å². The molecule has 0 amide bonds. The zero-order valence-corrected chi connectivity index (χ0v) is 12.0. The zero-order valence-electron chi connectivity index (χ0n) is 12.0. The molecule has 3 aromatic rings. The number of rotatable bonds is 3. The summed E-state index contributed by atoms with van der Waals surface area (Å²) in [5.74, 6) is 2.34. The summed E-state index contributed by atoms with van der Waals surface area (Å²) in [6.45, 7) is 2.61. The van der Waals surface area contributed by atoms with Crippen LogP contribution < -0.4 is 5.73 Å². The van der Waals surface area contributed by atoms with E-state index in [0.717, 1.165) is 37.7 Å². The van der Waals surface area contributed by atoms with Gasteiger partial charge in [-0.3, -0.25) is 4.90 Å². The molecule has 3 aromatic heterocycles. The van der Waals surface area contributed by atoms with E-state index in [9.17, 15) is 0 Å². The van der Waals surface area contributed by atoms with Crippen LogP contribution in [0.1, 0.15) is 24.0 Å². The van der Waals surface area contributed by atoms with E-state index in [1.54, 1.807) is 18.7 Å². The first kappa shape index (κ1) is 13.1. The largest absolute Gasteiger partial charge is 0.382 e. The second kappa shape index (κ2) is 5.30. The average Bonchev–Trinajstić information content (AvgIpc) is 3.17. The molecule has 1 saturated heterocycles. The predicted octanol–water partition coefficient (Wildman–Crippen LogP) is 0.715. The molecule has 1 aliphatic rings. The second-order valence-electron chi connectivity index (χ2n) is 5.45. The predicted molar refractivity (Wildman–Crippen MR) is 80.8 cm³/mol. The van der Waals surface area contributed by atoms with Crippen LogP contribution in [0.5, 0.6) is 0 Å². The number of anilines is 1. The second-order valence-corrected chi connectivity index (χ2v) is 5.45. The normalized spacial score (nSPS) is 19.0. The first-order valence-corrected chi connectivity index (χ1v) is 7.24. The van der Waals surface area contributed by atoms with Crippen molar-refractivity contribution < 1.29 is 0 Å². The molecule has 0 aliphatic carbocycles. The summed E-state index contributed by atoms with van der Waals surface area (Å²) in [6, 6.07) is 1.83. The van der Waals surface area contributed by atoms with Crippen molar-refractivity contribution in [3.05, 3.63) is 36.4 Å². The van der Waals surface area contributed by atoms with Gasteiger partial charge in [0.25, 0.3) is 0 Å². The molecule has 0 aromatic carbocycles. The van der Waals surface area contributed by atoms with Crippen LogP contribution in [-0.2, 0) is 6.54 Å². The number of fused-ring (bicyclic) bond motifs is 1. The summed E-state index contributed by atoms with van der Waals surface area (Å²) in [6.07, 6.45) is 6.13. The molecular formula is C14H16N8. The van der Waals surface area contributed by atoms with E-state index < -0.39 is 0 Å². The third kappa shape index (κ3) is 2.37. The van der Waals surface area contributed by atoms with Crippen molar-refractivity contribution in [2.75, 3.05) is 18.8 Å². The van der Waals surface area contributed by atoms with E-state index >= 15 is 0 Å². The highest BCUT2D eigenvalue weighted by Gasteiger charge is 2.27. The molecule has 0 radical (unpaired) electrons. The molecule has 4 rings (SSSR count). The maximum Gasteiger partial charge on any atom is 0.183 e. The number of nitrogens with two attached hydrogens (primary N) is 1. The van der Waals surface area contributed by atoms with Crippen LogP contribution in [0, 0.1) is 0 Å². The van der Waals surface area contributed by atoms with Crippen molar-refractivity contribution in [3.63, 3.8) is 0 Å². The zero-order chi connectivity index (χ0) is 14.9. The lowest BCUT2D eigenvalue weighted by Gasteiger charge is -2.14. The molecule has 22 heavy (non-hydrogen) atoms. The fraction of sp³-hybridized carbons (Fsp3) is 0.357. The number of nitrogen functional groups attached to an aromatic ring is 1. The Hall–Kier alpha value is -2.61. The Morgan fingerprint density at radius 1 is 1.23 bits per heavy atom.